The summed E-state index contributed by atoms with van der Waals surface area (Å²) >= 11 is 0. The van der Waals surface area contributed by atoms with E-state index in [0.29, 0.717) is 0 Å². The molecule has 6 nitrogen and oxygen atoms in total. The number of ether oxygens (including phenoxy) is 1. The summed E-state index contributed by atoms with van der Waals surface area (Å²) in [5, 5.41) is 15.8. The summed E-state index contributed by atoms with van der Waals surface area (Å²) in [6.07, 6.45) is 2.11. The molecular weight excluding hydrogens is 238 g/mol. The summed E-state index contributed by atoms with van der Waals surface area (Å²) in [4.78, 5) is 23.4. The van der Waals surface area contributed by atoms with E-state index >= 15 is 0 Å². The van der Waals surface area contributed by atoms with Gasteiger partial charge in [-0.1, -0.05) is 6.92 Å². The van der Waals surface area contributed by atoms with Gasteiger partial charge in [-0.15, -0.1) is 0 Å². The van der Waals surface area contributed by atoms with E-state index in [9.17, 15) is 9.59 Å². The van der Waals surface area contributed by atoms with E-state index in [1.807, 2.05) is 12.1 Å². The van der Waals surface area contributed by atoms with Gasteiger partial charge in [-0.25, -0.2) is 0 Å². The van der Waals surface area contributed by atoms with Crippen LogP contribution < -0.4 is 4.74 Å². The van der Waals surface area contributed by atoms with Crippen LogP contribution in [0.3, 0.4) is 0 Å². The van der Waals surface area contributed by atoms with Gasteiger partial charge in [0.1, 0.15) is 5.75 Å². The molecule has 0 radical (unpaired) electrons. The minimum absolute atomic E-state index is 0.296. The largest absolute Gasteiger partial charge is 0.495 e. The van der Waals surface area contributed by atoms with Crippen LogP contribution in [0.5, 0.6) is 5.75 Å². The summed E-state index contributed by atoms with van der Waals surface area (Å²) < 4.78 is 5.07. The van der Waals surface area contributed by atoms with Crippen molar-refractivity contribution in [1.29, 1.82) is 0 Å². The monoisotopic (exact) mass is 255 g/mol. The average Bonchev–Trinajstić information content (AvgIpc) is 2.37. The lowest BCUT2D eigenvalue weighted by molar-refractivity contribution is -0.143. The highest BCUT2D eigenvalue weighted by molar-refractivity contribution is 5.75. The first-order valence-corrected chi connectivity index (χ1v) is 5.42. The zero-order valence-corrected chi connectivity index (χ0v) is 10.4. The number of rotatable bonds is 5. The van der Waals surface area contributed by atoms with Gasteiger partial charge in [-0.3, -0.25) is 14.6 Å². The maximum Gasteiger partial charge on any atom is 0.303 e. The molecule has 0 aliphatic heterocycles. The molecule has 1 aromatic rings. The van der Waals surface area contributed by atoms with Crippen molar-refractivity contribution in [3.63, 3.8) is 0 Å². The molecule has 0 saturated carbocycles. The van der Waals surface area contributed by atoms with Gasteiger partial charge in [-0.05, 0) is 18.6 Å². The van der Waals surface area contributed by atoms with E-state index in [2.05, 4.69) is 11.9 Å². The van der Waals surface area contributed by atoms with Crippen molar-refractivity contribution in [2.24, 2.45) is 0 Å². The smallest absolute Gasteiger partial charge is 0.303 e. The number of aryl methyl sites for hydroxylation is 1. The van der Waals surface area contributed by atoms with Crippen molar-refractivity contribution in [1.82, 2.24) is 4.98 Å². The fourth-order valence-electron chi connectivity index (χ4n) is 1.09. The molecule has 0 unspecified atom stereocenters. The molecule has 0 bridgehead atoms. The Morgan fingerprint density at radius 3 is 2.17 bits per heavy atom. The molecule has 0 aliphatic carbocycles. The molecule has 0 fully saturated rings. The van der Waals surface area contributed by atoms with Crippen LogP contribution in [0.15, 0.2) is 18.3 Å². The maximum atomic E-state index is 9.64. The summed E-state index contributed by atoms with van der Waals surface area (Å²) in [6, 6.07) is 3.80. The van der Waals surface area contributed by atoms with E-state index in [0.717, 1.165) is 17.9 Å². The van der Waals surface area contributed by atoms with Crippen LogP contribution in [0.4, 0.5) is 0 Å². The third kappa shape index (κ3) is 7.21. The Bertz CT molecular complexity index is 355. The van der Waals surface area contributed by atoms with E-state index in [1.165, 1.54) is 0 Å². The number of aliphatic carboxylic acids is 2. The summed E-state index contributed by atoms with van der Waals surface area (Å²) in [5.41, 5.74) is 1.02. The third-order valence-electron chi connectivity index (χ3n) is 1.96. The minimum Gasteiger partial charge on any atom is -0.495 e. The first kappa shape index (κ1) is 15.9. The number of methoxy groups -OCH3 is 1. The fourth-order valence-corrected chi connectivity index (χ4v) is 1.09. The number of hydrogen-bond donors (Lipinski definition) is 2. The molecule has 0 saturated heterocycles. The fraction of sp³-hybridized carbons (Fsp3) is 0.417. The molecule has 0 spiro atoms. The van der Waals surface area contributed by atoms with Crippen molar-refractivity contribution in [3.8, 4) is 5.75 Å². The summed E-state index contributed by atoms with van der Waals surface area (Å²) in [7, 11) is 1.66. The Hall–Kier alpha value is -2.11. The molecule has 18 heavy (non-hydrogen) atoms. The van der Waals surface area contributed by atoms with Crippen molar-refractivity contribution >= 4 is 11.9 Å². The lowest BCUT2D eigenvalue weighted by Crippen LogP contribution is -2.00. The molecule has 0 amide bonds. The predicted octanol–water partition coefficient (Wildman–Crippen LogP) is 1.59. The highest BCUT2D eigenvalue weighted by Crippen LogP contribution is 2.13. The molecule has 1 heterocycles. The topological polar surface area (TPSA) is 96.7 Å². The lowest BCUT2D eigenvalue weighted by atomic mass is 10.3. The summed E-state index contributed by atoms with van der Waals surface area (Å²) in [5.74, 6) is -1.27. The van der Waals surface area contributed by atoms with E-state index in [-0.39, 0.29) is 12.8 Å². The van der Waals surface area contributed by atoms with E-state index in [1.54, 1.807) is 13.3 Å². The predicted molar refractivity (Wildman–Crippen MR) is 64.7 cm³/mol. The van der Waals surface area contributed by atoms with Crippen LogP contribution in [0.25, 0.3) is 0 Å². The quantitative estimate of drug-likeness (QED) is 0.829. The Morgan fingerprint density at radius 2 is 1.83 bits per heavy atom. The zero-order chi connectivity index (χ0) is 14.0. The number of carboxylic acids is 2. The Labute approximate surface area is 105 Å². The van der Waals surface area contributed by atoms with Crippen molar-refractivity contribution < 1.29 is 24.5 Å². The molecule has 2 N–H and O–H groups in total. The highest BCUT2D eigenvalue weighted by atomic mass is 16.5. The van der Waals surface area contributed by atoms with Crippen molar-refractivity contribution in [2.45, 2.75) is 26.2 Å². The molecule has 0 aromatic carbocycles. The zero-order valence-electron chi connectivity index (χ0n) is 10.4. The molecule has 0 aliphatic rings. The van der Waals surface area contributed by atoms with Gasteiger partial charge < -0.3 is 14.9 Å². The van der Waals surface area contributed by atoms with Crippen LogP contribution >= 0.6 is 0 Å². The van der Waals surface area contributed by atoms with Crippen LogP contribution in [0, 0.1) is 0 Å². The molecular formula is C12H17NO5. The highest BCUT2D eigenvalue weighted by Gasteiger charge is 2.00. The van der Waals surface area contributed by atoms with Crippen LogP contribution in [0.1, 0.15) is 25.5 Å². The minimum atomic E-state index is -1.08. The molecule has 0 atom stereocenters. The van der Waals surface area contributed by atoms with Crippen molar-refractivity contribution in [3.05, 3.63) is 24.0 Å². The Morgan fingerprint density at radius 1 is 1.28 bits per heavy atom. The van der Waals surface area contributed by atoms with E-state index < -0.39 is 11.9 Å². The number of pyridine rings is 1. The van der Waals surface area contributed by atoms with Crippen LogP contribution in [-0.4, -0.2) is 34.2 Å². The average molecular weight is 255 g/mol. The second-order valence-electron chi connectivity index (χ2n) is 3.29. The molecule has 6 heteroatoms. The third-order valence-corrected chi connectivity index (χ3v) is 1.96. The van der Waals surface area contributed by atoms with Gasteiger partial charge in [0.05, 0.1) is 25.6 Å². The van der Waals surface area contributed by atoms with E-state index in [4.69, 9.17) is 14.9 Å². The number of carbonyl (C=O) groups is 2. The first-order valence-electron chi connectivity index (χ1n) is 5.42. The molecule has 1 aromatic heterocycles. The van der Waals surface area contributed by atoms with Gasteiger partial charge in [0.2, 0.25) is 0 Å². The van der Waals surface area contributed by atoms with Crippen molar-refractivity contribution in [2.75, 3.05) is 7.11 Å². The SMILES string of the molecule is CCc1ncccc1OC.O=C(O)CCC(=O)O. The maximum absolute atomic E-state index is 9.64. The van der Waals surface area contributed by atoms with Gasteiger partial charge in [-0.2, -0.15) is 0 Å². The second kappa shape index (κ2) is 8.98. The molecule has 100 valence electrons. The number of aromatic nitrogens is 1. The Kier molecular flexibility index (Phi) is 7.92. The van der Waals surface area contributed by atoms with Gasteiger partial charge >= 0.3 is 11.9 Å². The lowest BCUT2D eigenvalue weighted by Gasteiger charge is -2.02. The number of hydrogen-bond acceptors (Lipinski definition) is 4. The molecule has 1 rings (SSSR count). The van der Waals surface area contributed by atoms with Gasteiger partial charge in [0.25, 0.3) is 0 Å². The first-order chi connectivity index (χ1) is 8.51. The normalized spacial score (nSPS) is 9.00. The Balaban J connectivity index is 0.000000331. The second-order valence-corrected chi connectivity index (χ2v) is 3.29. The standard InChI is InChI=1S/C8H11NO.C4H6O4/c1-3-7-8(10-2)5-4-6-9-7;5-3(6)1-2-4(7)8/h4-6H,3H2,1-2H3;1-2H2,(H,5,6)(H,7,8). The van der Waals surface area contributed by atoms with Crippen LogP contribution in [0.2, 0.25) is 0 Å². The summed E-state index contributed by atoms with van der Waals surface area (Å²) in [6.45, 7) is 2.06. The number of nitrogens with zero attached hydrogens (tertiary/aromatic N) is 1. The number of carboxylic acid groups (broad SMARTS) is 2. The van der Waals surface area contributed by atoms with Gasteiger partial charge in [0, 0.05) is 6.20 Å². The van der Waals surface area contributed by atoms with Gasteiger partial charge in [0.15, 0.2) is 0 Å². The van der Waals surface area contributed by atoms with Crippen LogP contribution in [-0.2, 0) is 16.0 Å².